The fourth-order valence-corrected chi connectivity index (χ4v) is 1.97. The van der Waals surface area contributed by atoms with E-state index in [9.17, 15) is 4.79 Å². The maximum Gasteiger partial charge on any atom is 0.358 e. The van der Waals surface area contributed by atoms with E-state index in [1.165, 1.54) is 16.4 Å². The van der Waals surface area contributed by atoms with Crippen molar-refractivity contribution < 1.29 is 9.90 Å². The van der Waals surface area contributed by atoms with E-state index in [0.717, 1.165) is 13.0 Å². The summed E-state index contributed by atoms with van der Waals surface area (Å²) in [7, 11) is 0. The number of nitrogens with one attached hydrogen (secondary N) is 1. The molecule has 1 aromatic heterocycles. The topological polar surface area (TPSA) is 80.0 Å². The summed E-state index contributed by atoms with van der Waals surface area (Å²) in [5.41, 5.74) is 1.27. The Morgan fingerprint density at radius 2 is 2.15 bits per heavy atom. The Balaban J connectivity index is 1.73. The second-order valence-electron chi connectivity index (χ2n) is 4.72. The number of rotatable bonds is 7. The molecule has 1 unspecified atom stereocenters. The molecular weight excluding hydrogens is 256 g/mol. The van der Waals surface area contributed by atoms with E-state index >= 15 is 0 Å². The lowest BCUT2D eigenvalue weighted by Crippen LogP contribution is -2.31. The third-order valence-corrected chi connectivity index (χ3v) is 2.98. The summed E-state index contributed by atoms with van der Waals surface area (Å²) in [6.07, 6.45) is 2.39. The molecule has 0 radical (unpaired) electrons. The summed E-state index contributed by atoms with van der Waals surface area (Å²) in [5, 5.41) is 19.5. The van der Waals surface area contributed by atoms with Crippen molar-refractivity contribution in [2.45, 2.75) is 25.9 Å². The van der Waals surface area contributed by atoms with Crippen LogP contribution >= 0.6 is 0 Å². The van der Waals surface area contributed by atoms with Crippen molar-refractivity contribution in [1.29, 1.82) is 0 Å². The molecule has 106 valence electrons. The Morgan fingerprint density at radius 1 is 1.40 bits per heavy atom. The zero-order valence-corrected chi connectivity index (χ0v) is 11.4. The van der Waals surface area contributed by atoms with Crippen LogP contribution < -0.4 is 5.32 Å². The van der Waals surface area contributed by atoms with Crippen LogP contribution in [0.15, 0.2) is 36.5 Å². The molecule has 2 aromatic rings. The van der Waals surface area contributed by atoms with Crippen LogP contribution in [0.3, 0.4) is 0 Å². The highest BCUT2D eigenvalue weighted by atomic mass is 16.4. The van der Waals surface area contributed by atoms with Gasteiger partial charge in [0.1, 0.15) is 0 Å². The van der Waals surface area contributed by atoms with Crippen molar-refractivity contribution in [3.8, 4) is 0 Å². The first-order valence-corrected chi connectivity index (χ1v) is 6.56. The molecule has 2 rings (SSSR count). The average molecular weight is 274 g/mol. The fourth-order valence-electron chi connectivity index (χ4n) is 1.97. The molecule has 0 aliphatic carbocycles. The van der Waals surface area contributed by atoms with Crippen molar-refractivity contribution in [2.24, 2.45) is 0 Å². The largest absolute Gasteiger partial charge is 0.476 e. The first kappa shape index (κ1) is 14.2. The van der Waals surface area contributed by atoms with E-state index < -0.39 is 5.97 Å². The number of aromatic nitrogens is 3. The van der Waals surface area contributed by atoms with Crippen LogP contribution in [-0.2, 0) is 13.0 Å². The Hall–Kier alpha value is -2.21. The van der Waals surface area contributed by atoms with Gasteiger partial charge in [-0.1, -0.05) is 35.5 Å². The Morgan fingerprint density at radius 3 is 2.80 bits per heavy atom. The fraction of sp³-hybridized carbons (Fsp3) is 0.357. The van der Waals surface area contributed by atoms with Gasteiger partial charge in [-0.3, -0.25) is 4.68 Å². The third kappa shape index (κ3) is 4.17. The van der Waals surface area contributed by atoms with Gasteiger partial charge < -0.3 is 10.4 Å². The minimum atomic E-state index is -1.05. The summed E-state index contributed by atoms with van der Waals surface area (Å²) >= 11 is 0. The highest BCUT2D eigenvalue weighted by Gasteiger charge is 2.08. The predicted molar refractivity (Wildman–Crippen MR) is 74.6 cm³/mol. The number of hydrogen-bond acceptors (Lipinski definition) is 4. The average Bonchev–Trinajstić information content (AvgIpc) is 2.89. The van der Waals surface area contributed by atoms with Crippen LogP contribution in [-0.4, -0.2) is 38.7 Å². The molecule has 1 aromatic carbocycles. The highest BCUT2D eigenvalue weighted by molar-refractivity contribution is 5.84. The highest BCUT2D eigenvalue weighted by Crippen LogP contribution is 2.02. The molecule has 6 heteroatoms. The molecule has 0 aliphatic rings. The maximum atomic E-state index is 10.7. The van der Waals surface area contributed by atoms with Crippen LogP contribution in [0.4, 0.5) is 0 Å². The van der Waals surface area contributed by atoms with Crippen LogP contribution in [0.1, 0.15) is 23.0 Å². The number of carbonyl (C=O) groups is 1. The van der Waals surface area contributed by atoms with Gasteiger partial charge in [0, 0.05) is 12.6 Å². The predicted octanol–water partition coefficient (Wildman–Crippen LogP) is 1.20. The third-order valence-electron chi connectivity index (χ3n) is 2.98. The van der Waals surface area contributed by atoms with Crippen molar-refractivity contribution in [3.63, 3.8) is 0 Å². The van der Waals surface area contributed by atoms with Gasteiger partial charge in [-0.25, -0.2) is 4.79 Å². The zero-order valence-electron chi connectivity index (χ0n) is 11.4. The molecule has 1 atom stereocenters. The van der Waals surface area contributed by atoms with Crippen molar-refractivity contribution >= 4 is 5.97 Å². The zero-order chi connectivity index (χ0) is 14.4. The smallest absolute Gasteiger partial charge is 0.358 e. The molecule has 0 aliphatic heterocycles. The first-order chi connectivity index (χ1) is 9.65. The van der Waals surface area contributed by atoms with Gasteiger partial charge >= 0.3 is 5.97 Å². The van der Waals surface area contributed by atoms with Crippen molar-refractivity contribution in [3.05, 3.63) is 47.8 Å². The first-order valence-electron chi connectivity index (χ1n) is 6.56. The molecular formula is C14H18N4O2. The van der Waals surface area contributed by atoms with E-state index in [4.69, 9.17) is 5.11 Å². The number of nitrogens with zero attached hydrogens (tertiary/aromatic N) is 3. The summed E-state index contributed by atoms with van der Waals surface area (Å²) in [5.74, 6) is -1.05. The lowest BCUT2D eigenvalue weighted by atomic mass is 10.1. The standard InChI is InChI=1S/C14H18N4O2/c1-11(9-12-5-3-2-4-6-12)15-7-8-18-10-13(14(19)20)16-17-18/h2-6,10-11,15H,7-9H2,1H3,(H,19,20). The number of benzene rings is 1. The monoisotopic (exact) mass is 274 g/mol. The van der Waals surface area contributed by atoms with Gasteiger partial charge in [-0.2, -0.15) is 0 Å². The van der Waals surface area contributed by atoms with Gasteiger partial charge in [0.2, 0.25) is 0 Å². The molecule has 0 spiro atoms. The molecule has 20 heavy (non-hydrogen) atoms. The molecule has 6 nitrogen and oxygen atoms in total. The lowest BCUT2D eigenvalue weighted by Gasteiger charge is -2.13. The molecule has 0 bridgehead atoms. The van der Waals surface area contributed by atoms with Crippen molar-refractivity contribution in [2.75, 3.05) is 6.54 Å². The quantitative estimate of drug-likeness (QED) is 0.793. The molecule has 0 saturated heterocycles. The van der Waals surface area contributed by atoms with E-state index in [-0.39, 0.29) is 5.69 Å². The summed E-state index contributed by atoms with van der Waals surface area (Å²) < 4.78 is 1.53. The van der Waals surface area contributed by atoms with Crippen LogP contribution in [0.5, 0.6) is 0 Å². The summed E-state index contributed by atoms with van der Waals surface area (Å²) in [4.78, 5) is 10.7. The van der Waals surface area contributed by atoms with Crippen LogP contribution in [0.2, 0.25) is 0 Å². The van der Waals surface area contributed by atoms with Crippen LogP contribution in [0, 0.1) is 0 Å². The summed E-state index contributed by atoms with van der Waals surface area (Å²) in [6, 6.07) is 10.6. The van der Waals surface area contributed by atoms with Gasteiger partial charge in [0.15, 0.2) is 5.69 Å². The second kappa shape index (κ2) is 6.81. The van der Waals surface area contributed by atoms with Gasteiger partial charge in [0.25, 0.3) is 0 Å². The second-order valence-corrected chi connectivity index (χ2v) is 4.72. The number of carboxylic acid groups (broad SMARTS) is 1. The molecule has 1 heterocycles. The molecule has 2 N–H and O–H groups in total. The van der Waals surface area contributed by atoms with Crippen LogP contribution in [0.25, 0.3) is 0 Å². The van der Waals surface area contributed by atoms with E-state index in [1.54, 1.807) is 0 Å². The van der Waals surface area contributed by atoms with E-state index in [1.807, 2.05) is 18.2 Å². The Bertz CT molecular complexity index is 553. The maximum absolute atomic E-state index is 10.7. The molecule has 0 amide bonds. The van der Waals surface area contributed by atoms with Gasteiger partial charge in [-0.15, -0.1) is 5.10 Å². The van der Waals surface area contributed by atoms with E-state index in [0.29, 0.717) is 12.6 Å². The Kier molecular flexibility index (Phi) is 4.84. The molecule has 0 saturated carbocycles. The minimum absolute atomic E-state index is 0.0256. The van der Waals surface area contributed by atoms with Gasteiger partial charge in [0.05, 0.1) is 12.7 Å². The SMILES string of the molecule is CC(Cc1ccccc1)NCCn1cc(C(=O)O)nn1. The van der Waals surface area contributed by atoms with Crippen molar-refractivity contribution in [1.82, 2.24) is 20.3 Å². The number of hydrogen-bond donors (Lipinski definition) is 2. The Labute approximate surface area is 117 Å². The lowest BCUT2D eigenvalue weighted by molar-refractivity contribution is 0.0690. The number of aromatic carboxylic acids is 1. The normalized spacial score (nSPS) is 12.2. The number of carboxylic acids is 1. The molecule has 0 fully saturated rings. The van der Waals surface area contributed by atoms with Gasteiger partial charge in [-0.05, 0) is 18.9 Å². The summed E-state index contributed by atoms with van der Waals surface area (Å²) in [6.45, 7) is 3.44. The van der Waals surface area contributed by atoms with E-state index in [2.05, 4.69) is 34.7 Å². The minimum Gasteiger partial charge on any atom is -0.476 e.